The molecule has 0 unspecified atom stereocenters. The summed E-state index contributed by atoms with van der Waals surface area (Å²) in [5, 5.41) is 0. The fraction of sp³-hybridized carbons (Fsp3) is 0.462. The van der Waals surface area contributed by atoms with Crippen molar-refractivity contribution in [2.45, 2.75) is 18.7 Å². The van der Waals surface area contributed by atoms with Crippen LogP contribution in [0.25, 0.3) is 0 Å². The van der Waals surface area contributed by atoms with Crippen molar-refractivity contribution in [1.82, 2.24) is 9.21 Å². The molecule has 1 fully saturated rings. The zero-order valence-electron chi connectivity index (χ0n) is 11.2. The Kier molecular flexibility index (Phi) is 3.91. The van der Waals surface area contributed by atoms with E-state index in [9.17, 15) is 13.2 Å². The highest BCUT2D eigenvalue weighted by atomic mass is 32.2. The Labute approximate surface area is 113 Å². The summed E-state index contributed by atoms with van der Waals surface area (Å²) in [4.78, 5) is 12.6. The van der Waals surface area contributed by atoms with Crippen molar-refractivity contribution in [2.24, 2.45) is 0 Å². The lowest BCUT2D eigenvalue weighted by atomic mass is 10.2. The van der Waals surface area contributed by atoms with Gasteiger partial charge in [-0.05, 0) is 31.0 Å². The molecule has 5 nitrogen and oxygen atoms in total. The second-order valence-electron chi connectivity index (χ2n) is 4.81. The minimum absolute atomic E-state index is 0.356. The molecule has 1 aliphatic rings. The maximum absolute atomic E-state index is 12.6. The fourth-order valence-corrected chi connectivity index (χ4v) is 3.91. The van der Waals surface area contributed by atoms with Gasteiger partial charge in [-0.25, -0.2) is 8.42 Å². The number of benzene rings is 1. The van der Waals surface area contributed by atoms with Gasteiger partial charge in [-0.2, -0.15) is 4.31 Å². The molecule has 0 N–H and O–H groups in total. The van der Waals surface area contributed by atoms with Crippen LogP contribution < -0.4 is 0 Å². The van der Waals surface area contributed by atoms with Crippen LogP contribution in [0.3, 0.4) is 0 Å². The Morgan fingerprint density at radius 1 is 1.11 bits per heavy atom. The van der Waals surface area contributed by atoms with Crippen LogP contribution in [0.2, 0.25) is 0 Å². The lowest BCUT2D eigenvalue weighted by Gasteiger charge is -2.32. The number of hydrogen-bond donors (Lipinski definition) is 0. The van der Waals surface area contributed by atoms with E-state index in [1.54, 1.807) is 17.9 Å². The van der Waals surface area contributed by atoms with Gasteiger partial charge in [0.1, 0.15) is 0 Å². The van der Waals surface area contributed by atoms with Crippen molar-refractivity contribution in [3.63, 3.8) is 0 Å². The van der Waals surface area contributed by atoms with Crippen molar-refractivity contribution >= 4 is 16.4 Å². The summed E-state index contributed by atoms with van der Waals surface area (Å²) in [6, 6.07) is 5.43. The van der Waals surface area contributed by atoms with Crippen molar-refractivity contribution in [1.29, 1.82) is 0 Å². The largest absolute Gasteiger partial charge is 0.343 e. The van der Waals surface area contributed by atoms with E-state index in [1.165, 1.54) is 4.31 Å². The van der Waals surface area contributed by atoms with Crippen LogP contribution in [0.15, 0.2) is 23.1 Å². The Morgan fingerprint density at radius 2 is 1.74 bits per heavy atom. The molecule has 6 heteroatoms. The summed E-state index contributed by atoms with van der Waals surface area (Å²) < 4.78 is 26.6. The smallest absolute Gasteiger partial charge is 0.243 e. The van der Waals surface area contributed by atoms with Crippen LogP contribution in [0.1, 0.15) is 11.1 Å². The third-order valence-electron chi connectivity index (χ3n) is 3.38. The highest BCUT2D eigenvalue weighted by molar-refractivity contribution is 7.89. The first kappa shape index (κ1) is 14.0. The van der Waals surface area contributed by atoms with Crippen molar-refractivity contribution in [2.75, 3.05) is 26.2 Å². The van der Waals surface area contributed by atoms with Crippen LogP contribution >= 0.6 is 0 Å². The third-order valence-corrected chi connectivity index (χ3v) is 5.42. The number of piperazine rings is 1. The summed E-state index contributed by atoms with van der Waals surface area (Å²) in [6.45, 7) is 5.29. The molecule has 0 bridgehead atoms. The third kappa shape index (κ3) is 2.79. The zero-order valence-corrected chi connectivity index (χ0v) is 12.0. The molecule has 1 amide bonds. The van der Waals surface area contributed by atoms with Gasteiger partial charge >= 0.3 is 0 Å². The Balaban J connectivity index is 2.28. The molecule has 0 aromatic heterocycles. The van der Waals surface area contributed by atoms with E-state index in [1.807, 2.05) is 19.1 Å². The molecular formula is C13H18N2O3S. The minimum Gasteiger partial charge on any atom is -0.343 e. The molecule has 104 valence electrons. The number of hydrogen-bond acceptors (Lipinski definition) is 3. The molecule has 0 aliphatic carbocycles. The van der Waals surface area contributed by atoms with Gasteiger partial charge < -0.3 is 4.90 Å². The second kappa shape index (κ2) is 5.30. The normalized spacial score (nSPS) is 17.5. The van der Waals surface area contributed by atoms with E-state index in [4.69, 9.17) is 0 Å². The van der Waals surface area contributed by atoms with Crippen LogP contribution in [0.5, 0.6) is 0 Å². The van der Waals surface area contributed by atoms with E-state index in [0.29, 0.717) is 31.1 Å². The van der Waals surface area contributed by atoms with Crippen LogP contribution in [-0.2, 0) is 14.8 Å². The first-order valence-corrected chi connectivity index (χ1v) is 7.66. The molecular weight excluding hydrogens is 264 g/mol. The van der Waals surface area contributed by atoms with Crippen molar-refractivity contribution in [3.05, 3.63) is 29.3 Å². The van der Waals surface area contributed by atoms with E-state index in [2.05, 4.69) is 0 Å². The van der Waals surface area contributed by atoms with E-state index in [-0.39, 0.29) is 0 Å². The van der Waals surface area contributed by atoms with Crippen molar-refractivity contribution < 1.29 is 13.2 Å². The molecule has 0 saturated carbocycles. The lowest BCUT2D eigenvalue weighted by Crippen LogP contribution is -2.48. The number of aryl methyl sites for hydroxylation is 2. The molecule has 1 aromatic rings. The maximum atomic E-state index is 12.6. The first-order valence-electron chi connectivity index (χ1n) is 6.22. The monoisotopic (exact) mass is 282 g/mol. The number of amides is 1. The van der Waals surface area contributed by atoms with E-state index >= 15 is 0 Å². The van der Waals surface area contributed by atoms with Gasteiger partial charge in [0.05, 0.1) is 4.90 Å². The number of rotatable bonds is 3. The quantitative estimate of drug-likeness (QED) is 0.769. The van der Waals surface area contributed by atoms with Gasteiger partial charge in [0, 0.05) is 26.2 Å². The highest BCUT2D eigenvalue weighted by Crippen LogP contribution is 2.22. The predicted molar refractivity (Wildman–Crippen MR) is 72.3 cm³/mol. The fourth-order valence-electron chi connectivity index (χ4n) is 2.17. The van der Waals surface area contributed by atoms with Crippen LogP contribution in [-0.4, -0.2) is 50.2 Å². The van der Waals surface area contributed by atoms with Gasteiger partial charge in [0.2, 0.25) is 16.4 Å². The Bertz CT molecular complexity index is 576. The standard InChI is InChI=1S/C13H18N2O3S/c1-11-3-4-12(2)13(9-11)19(17,18)15-7-5-14(10-16)6-8-15/h3-4,9-10H,5-8H2,1-2H3. The number of carbonyl (C=O) groups is 1. The average molecular weight is 282 g/mol. The molecule has 1 saturated heterocycles. The molecule has 0 atom stereocenters. The van der Waals surface area contributed by atoms with Gasteiger partial charge in [-0.1, -0.05) is 12.1 Å². The molecule has 1 aromatic carbocycles. The van der Waals surface area contributed by atoms with Gasteiger partial charge in [0.25, 0.3) is 0 Å². The highest BCUT2D eigenvalue weighted by Gasteiger charge is 2.29. The molecule has 1 aliphatic heterocycles. The van der Waals surface area contributed by atoms with Crippen molar-refractivity contribution in [3.8, 4) is 0 Å². The molecule has 2 rings (SSSR count). The van der Waals surface area contributed by atoms with Gasteiger partial charge in [-0.3, -0.25) is 4.79 Å². The Morgan fingerprint density at radius 3 is 2.32 bits per heavy atom. The lowest BCUT2D eigenvalue weighted by molar-refractivity contribution is -0.119. The minimum atomic E-state index is -3.46. The number of nitrogens with zero attached hydrogens (tertiary/aromatic N) is 2. The van der Waals surface area contributed by atoms with Crippen LogP contribution in [0.4, 0.5) is 0 Å². The number of sulfonamides is 1. The van der Waals surface area contributed by atoms with E-state index in [0.717, 1.165) is 17.5 Å². The summed E-state index contributed by atoms with van der Waals surface area (Å²) >= 11 is 0. The maximum Gasteiger partial charge on any atom is 0.243 e. The van der Waals surface area contributed by atoms with E-state index < -0.39 is 10.0 Å². The average Bonchev–Trinajstić information content (AvgIpc) is 2.41. The summed E-state index contributed by atoms with van der Waals surface area (Å²) in [7, 11) is -3.46. The zero-order chi connectivity index (χ0) is 14.0. The van der Waals surface area contributed by atoms with Gasteiger partial charge in [0.15, 0.2) is 0 Å². The summed E-state index contributed by atoms with van der Waals surface area (Å²) in [5.74, 6) is 0. The molecule has 1 heterocycles. The topological polar surface area (TPSA) is 57.7 Å². The summed E-state index contributed by atoms with van der Waals surface area (Å²) in [6.07, 6.45) is 0.766. The van der Waals surface area contributed by atoms with Crippen LogP contribution in [0, 0.1) is 13.8 Å². The second-order valence-corrected chi connectivity index (χ2v) is 6.72. The summed E-state index contributed by atoms with van der Waals surface area (Å²) in [5.41, 5.74) is 1.68. The molecule has 0 radical (unpaired) electrons. The SMILES string of the molecule is Cc1ccc(C)c(S(=O)(=O)N2CCN(C=O)CC2)c1. The molecule has 0 spiro atoms. The predicted octanol–water partition coefficient (Wildman–Crippen LogP) is 0.766. The van der Waals surface area contributed by atoms with Gasteiger partial charge in [-0.15, -0.1) is 0 Å². The molecule has 19 heavy (non-hydrogen) atoms. The first-order chi connectivity index (χ1) is 8.95. The number of carbonyl (C=O) groups excluding carboxylic acids is 1. The Hall–Kier alpha value is -1.40.